The maximum atomic E-state index is 11.7. The Kier molecular flexibility index (Phi) is 3.74. The molecule has 3 nitrogen and oxygen atoms in total. The molecule has 0 saturated heterocycles. The number of carboxylic acid groups (broad SMARTS) is 1. The molecule has 2 rings (SSSR count). The Balaban J connectivity index is 2.44. The minimum absolute atomic E-state index is 0.168. The van der Waals surface area contributed by atoms with Crippen LogP contribution in [0.1, 0.15) is 47.4 Å². The summed E-state index contributed by atoms with van der Waals surface area (Å²) < 4.78 is 0. The van der Waals surface area contributed by atoms with Crippen molar-refractivity contribution in [2.75, 3.05) is 0 Å². The third-order valence-corrected chi connectivity index (χ3v) is 4.27. The van der Waals surface area contributed by atoms with Gasteiger partial charge in [-0.25, -0.2) is 0 Å². The molecular weight excluding hydrogens is 240 g/mol. The smallest absolute Gasteiger partial charge is 0.307 e. The van der Waals surface area contributed by atoms with E-state index in [9.17, 15) is 14.7 Å². The number of aliphatic carboxylic acids is 1. The van der Waals surface area contributed by atoms with Crippen LogP contribution in [0.5, 0.6) is 0 Å². The minimum atomic E-state index is -0.782. The summed E-state index contributed by atoms with van der Waals surface area (Å²) in [5.74, 6) is -1.20. The van der Waals surface area contributed by atoms with Gasteiger partial charge in [0.05, 0.1) is 5.92 Å². The van der Waals surface area contributed by atoms with Crippen LogP contribution in [0, 0.1) is 26.7 Å². The highest BCUT2D eigenvalue weighted by molar-refractivity contribution is 5.84. The molecule has 2 atom stereocenters. The molecule has 0 bridgehead atoms. The van der Waals surface area contributed by atoms with Crippen LogP contribution >= 0.6 is 0 Å². The molecule has 1 aromatic carbocycles. The standard InChI is InChI=1S/C16H20O3/c1-9-6-11(3)14(7-10(9)2)15-8-12(17)4-5-13(15)16(18)19/h6-7,13,15H,4-5,8H2,1-3H3,(H,18,19). The van der Waals surface area contributed by atoms with E-state index in [1.165, 1.54) is 5.56 Å². The van der Waals surface area contributed by atoms with E-state index in [0.29, 0.717) is 19.3 Å². The van der Waals surface area contributed by atoms with E-state index in [1.807, 2.05) is 20.8 Å². The zero-order valence-electron chi connectivity index (χ0n) is 11.7. The lowest BCUT2D eigenvalue weighted by Crippen LogP contribution is -2.29. The number of hydrogen-bond acceptors (Lipinski definition) is 2. The Bertz CT molecular complexity index is 531. The zero-order valence-corrected chi connectivity index (χ0v) is 11.7. The van der Waals surface area contributed by atoms with Crippen LogP contribution in [-0.4, -0.2) is 16.9 Å². The molecular formula is C16H20O3. The molecule has 1 fully saturated rings. The highest BCUT2D eigenvalue weighted by atomic mass is 16.4. The van der Waals surface area contributed by atoms with Gasteiger partial charge in [-0.15, -0.1) is 0 Å². The average Bonchev–Trinajstić information content (AvgIpc) is 2.33. The fraction of sp³-hybridized carbons (Fsp3) is 0.500. The first-order chi connectivity index (χ1) is 8.90. The summed E-state index contributed by atoms with van der Waals surface area (Å²) >= 11 is 0. The number of aryl methyl sites for hydroxylation is 3. The monoisotopic (exact) mass is 260 g/mol. The molecule has 102 valence electrons. The first kappa shape index (κ1) is 13.8. The Labute approximate surface area is 113 Å². The normalized spacial score (nSPS) is 23.4. The Morgan fingerprint density at radius 3 is 2.42 bits per heavy atom. The van der Waals surface area contributed by atoms with E-state index in [-0.39, 0.29) is 11.7 Å². The second-order valence-corrected chi connectivity index (χ2v) is 5.63. The molecule has 0 aromatic heterocycles. The van der Waals surface area contributed by atoms with Crippen LogP contribution in [0.15, 0.2) is 12.1 Å². The largest absolute Gasteiger partial charge is 0.481 e. The highest BCUT2D eigenvalue weighted by Gasteiger charge is 2.35. The van der Waals surface area contributed by atoms with Gasteiger partial charge < -0.3 is 5.11 Å². The number of hydrogen-bond donors (Lipinski definition) is 1. The Hall–Kier alpha value is -1.64. The molecule has 1 N–H and O–H groups in total. The molecule has 0 amide bonds. The molecule has 1 aliphatic carbocycles. The van der Waals surface area contributed by atoms with Crippen LogP contribution in [0.3, 0.4) is 0 Å². The molecule has 0 aliphatic heterocycles. The van der Waals surface area contributed by atoms with Gasteiger partial charge in [-0.3, -0.25) is 9.59 Å². The van der Waals surface area contributed by atoms with Gasteiger partial charge in [0.2, 0.25) is 0 Å². The van der Waals surface area contributed by atoms with Gasteiger partial charge >= 0.3 is 5.97 Å². The number of carboxylic acids is 1. The summed E-state index contributed by atoms with van der Waals surface area (Å²) in [6, 6.07) is 4.15. The van der Waals surface area contributed by atoms with Crippen molar-refractivity contribution in [2.45, 2.75) is 46.0 Å². The Morgan fingerprint density at radius 1 is 1.16 bits per heavy atom. The van der Waals surface area contributed by atoms with E-state index >= 15 is 0 Å². The summed E-state index contributed by atoms with van der Waals surface area (Å²) in [6.45, 7) is 6.07. The molecule has 0 heterocycles. The van der Waals surface area contributed by atoms with Gasteiger partial charge in [0.1, 0.15) is 5.78 Å². The SMILES string of the molecule is Cc1cc(C)c(C2CC(=O)CCC2C(=O)O)cc1C. The molecule has 1 saturated carbocycles. The zero-order chi connectivity index (χ0) is 14.2. The van der Waals surface area contributed by atoms with E-state index < -0.39 is 11.9 Å². The maximum Gasteiger partial charge on any atom is 0.307 e. The average molecular weight is 260 g/mol. The van der Waals surface area contributed by atoms with Crippen molar-refractivity contribution in [1.29, 1.82) is 0 Å². The second-order valence-electron chi connectivity index (χ2n) is 5.63. The quantitative estimate of drug-likeness (QED) is 0.888. The predicted octanol–water partition coefficient (Wildman–Crippen LogP) is 3.15. The first-order valence-corrected chi connectivity index (χ1v) is 6.72. The van der Waals surface area contributed by atoms with Gasteiger partial charge in [0, 0.05) is 18.8 Å². The van der Waals surface area contributed by atoms with Crippen molar-refractivity contribution < 1.29 is 14.7 Å². The number of ketones is 1. The first-order valence-electron chi connectivity index (χ1n) is 6.72. The van der Waals surface area contributed by atoms with Gasteiger partial charge in [0.25, 0.3) is 0 Å². The van der Waals surface area contributed by atoms with Crippen LogP contribution in [0.4, 0.5) is 0 Å². The molecule has 2 unspecified atom stereocenters. The van der Waals surface area contributed by atoms with E-state index in [2.05, 4.69) is 12.1 Å². The number of benzene rings is 1. The summed E-state index contributed by atoms with van der Waals surface area (Å²) in [5, 5.41) is 9.36. The van der Waals surface area contributed by atoms with Crippen molar-refractivity contribution in [3.8, 4) is 0 Å². The molecule has 0 radical (unpaired) electrons. The number of rotatable bonds is 2. The Morgan fingerprint density at radius 2 is 1.79 bits per heavy atom. The fourth-order valence-corrected chi connectivity index (χ4v) is 3.01. The lowest BCUT2D eigenvalue weighted by Gasteiger charge is -2.29. The fourth-order valence-electron chi connectivity index (χ4n) is 3.01. The molecule has 0 spiro atoms. The summed E-state index contributed by atoms with van der Waals surface area (Å²) in [4.78, 5) is 23.1. The third kappa shape index (κ3) is 2.70. The number of carbonyl (C=O) groups is 2. The second kappa shape index (κ2) is 5.16. The number of Topliss-reactive ketones (excluding diaryl/α,β-unsaturated/α-hetero) is 1. The van der Waals surface area contributed by atoms with Crippen LogP contribution < -0.4 is 0 Å². The van der Waals surface area contributed by atoms with Gasteiger partial charge in [-0.2, -0.15) is 0 Å². The van der Waals surface area contributed by atoms with E-state index in [4.69, 9.17) is 0 Å². The molecule has 19 heavy (non-hydrogen) atoms. The van der Waals surface area contributed by atoms with Gasteiger partial charge in [-0.1, -0.05) is 12.1 Å². The van der Waals surface area contributed by atoms with Crippen molar-refractivity contribution >= 4 is 11.8 Å². The summed E-state index contributed by atoms with van der Waals surface area (Å²) in [5.41, 5.74) is 4.48. The lowest BCUT2D eigenvalue weighted by molar-refractivity contribution is -0.144. The topological polar surface area (TPSA) is 54.4 Å². The van der Waals surface area contributed by atoms with Crippen LogP contribution in [0.2, 0.25) is 0 Å². The van der Waals surface area contributed by atoms with E-state index in [1.54, 1.807) is 0 Å². The summed E-state index contributed by atoms with van der Waals surface area (Å²) in [7, 11) is 0. The van der Waals surface area contributed by atoms with Gasteiger partial charge in [-0.05, 0) is 49.4 Å². The molecule has 1 aliphatic rings. The molecule has 3 heteroatoms. The van der Waals surface area contributed by atoms with Crippen LogP contribution in [0.25, 0.3) is 0 Å². The predicted molar refractivity (Wildman–Crippen MR) is 73.4 cm³/mol. The molecule has 1 aromatic rings. The summed E-state index contributed by atoms with van der Waals surface area (Å²) in [6.07, 6.45) is 1.23. The van der Waals surface area contributed by atoms with Crippen molar-refractivity contribution in [3.05, 3.63) is 34.4 Å². The third-order valence-electron chi connectivity index (χ3n) is 4.27. The van der Waals surface area contributed by atoms with Crippen molar-refractivity contribution in [3.63, 3.8) is 0 Å². The maximum absolute atomic E-state index is 11.7. The van der Waals surface area contributed by atoms with Gasteiger partial charge in [0.15, 0.2) is 0 Å². The minimum Gasteiger partial charge on any atom is -0.481 e. The highest BCUT2D eigenvalue weighted by Crippen LogP contribution is 2.38. The van der Waals surface area contributed by atoms with Crippen molar-refractivity contribution in [2.24, 2.45) is 5.92 Å². The lowest BCUT2D eigenvalue weighted by atomic mass is 9.73. The number of carbonyl (C=O) groups excluding carboxylic acids is 1. The van der Waals surface area contributed by atoms with Crippen LogP contribution in [-0.2, 0) is 9.59 Å². The van der Waals surface area contributed by atoms with E-state index in [0.717, 1.165) is 16.7 Å². The van der Waals surface area contributed by atoms with Crippen molar-refractivity contribution in [1.82, 2.24) is 0 Å².